The Bertz CT molecular complexity index is 976. The van der Waals surface area contributed by atoms with Crippen molar-refractivity contribution in [1.29, 1.82) is 0 Å². The van der Waals surface area contributed by atoms with Gasteiger partial charge in [0, 0.05) is 37.8 Å². The molecule has 146 valence electrons. The second-order valence-electron chi connectivity index (χ2n) is 6.31. The lowest BCUT2D eigenvalue weighted by molar-refractivity contribution is -0.118. The Morgan fingerprint density at radius 1 is 1.25 bits per heavy atom. The summed E-state index contributed by atoms with van der Waals surface area (Å²) in [7, 11) is 0. The Morgan fingerprint density at radius 3 is 2.79 bits per heavy atom. The molecule has 1 amide bonds. The van der Waals surface area contributed by atoms with Crippen molar-refractivity contribution in [3.63, 3.8) is 0 Å². The topological polar surface area (TPSA) is 51.2 Å². The molecule has 0 saturated carbocycles. The zero-order valence-electron chi connectivity index (χ0n) is 15.6. The molecule has 0 aliphatic carbocycles. The van der Waals surface area contributed by atoms with E-state index >= 15 is 0 Å². The van der Waals surface area contributed by atoms with Crippen LogP contribution in [0.1, 0.15) is 19.9 Å². The summed E-state index contributed by atoms with van der Waals surface area (Å²) in [5, 5.41) is 5.43. The first kappa shape index (κ1) is 19.8. The van der Waals surface area contributed by atoms with E-state index in [9.17, 15) is 4.79 Å². The average molecular weight is 449 g/mol. The lowest BCUT2D eigenvalue weighted by atomic mass is 10.2. The summed E-state index contributed by atoms with van der Waals surface area (Å²) in [4.78, 5) is 19.4. The largest absolute Gasteiger partial charge is 0.483 e. The van der Waals surface area contributed by atoms with Crippen molar-refractivity contribution in [2.24, 2.45) is 0 Å². The van der Waals surface area contributed by atoms with E-state index in [4.69, 9.17) is 4.74 Å². The van der Waals surface area contributed by atoms with Gasteiger partial charge in [-0.3, -0.25) is 10.1 Å². The highest BCUT2D eigenvalue weighted by atomic mass is 32.2. The number of hydrogen-bond acceptors (Lipinski definition) is 7. The second kappa shape index (κ2) is 8.90. The fraction of sp³-hybridized carbons (Fsp3) is 0.300. The predicted molar refractivity (Wildman–Crippen MR) is 123 cm³/mol. The molecule has 0 radical (unpaired) electrons. The van der Waals surface area contributed by atoms with E-state index in [1.807, 2.05) is 47.1 Å². The van der Waals surface area contributed by atoms with Crippen LogP contribution in [0.3, 0.4) is 0 Å². The van der Waals surface area contributed by atoms with Crippen LogP contribution in [0.5, 0.6) is 5.75 Å². The van der Waals surface area contributed by atoms with Gasteiger partial charge in [-0.25, -0.2) is 4.98 Å². The molecular formula is C20H20N2O2S4. The number of carbonyl (C=O) groups is 1. The molecule has 0 bridgehead atoms. The summed E-state index contributed by atoms with van der Waals surface area (Å²) in [6.45, 7) is 4.16. The fourth-order valence-electron chi connectivity index (χ4n) is 2.98. The van der Waals surface area contributed by atoms with Gasteiger partial charge in [0.15, 0.2) is 11.7 Å². The zero-order chi connectivity index (χ0) is 19.5. The number of benzene rings is 1. The number of nitrogens with one attached hydrogen (secondary N) is 1. The molecule has 1 aliphatic heterocycles. The highest BCUT2D eigenvalue weighted by molar-refractivity contribution is 8.19. The van der Waals surface area contributed by atoms with Crippen molar-refractivity contribution in [2.75, 3.05) is 23.4 Å². The number of aromatic nitrogens is 1. The van der Waals surface area contributed by atoms with Gasteiger partial charge in [-0.2, -0.15) is 0 Å². The van der Waals surface area contributed by atoms with Crippen LogP contribution in [0.2, 0.25) is 0 Å². The molecule has 4 rings (SSSR count). The number of thioether (sulfide) groups is 2. The molecule has 0 unspecified atom stereocenters. The highest BCUT2D eigenvalue weighted by Gasteiger charge is 2.22. The number of nitrogens with zero attached hydrogens (tertiary/aromatic N) is 1. The summed E-state index contributed by atoms with van der Waals surface area (Å²) in [6, 6.07) is 10.1. The molecule has 0 atom stereocenters. The predicted octanol–water partition coefficient (Wildman–Crippen LogP) is 5.98. The van der Waals surface area contributed by atoms with Gasteiger partial charge in [0.05, 0.1) is 10.3 Å². The number of hydrogen-bond donors (Lipinski definition) is 1. The number of para-hydroxylation sites is 1. The minimum atomic E-state index is -0.194. The van der Waals surface area contributed by atoms with Crippen LogP contribution in [-0.4, -0.2) is 29.0 Å². The average Bonchev–Trinajstić information content (AvgIpc) is 3.42. The van der Waals surface area contributed by atoms with Crippen LogP contribution < -0.4 is 10.1 Å². The minimum Gasteiger partial charge on any atom is -0.483 e. The smallest absolute Gasteiger partial charge is 0.264 e. The van der Waals surface area contributed by atoms with E-state index in [0.717, 1.165) is 34.1 Å². The first-order valence-electron chi connectivity index (χ1n) is 8.88. The summed E-state index contributed by atoms with van der Waals surface area (Å²) in [6.07, 6.45) is 0. The molecule has 1 saturated heterocycles. The zero-order valence-corrected chi connectivity index (χ0v) is 18.8. The Balaban J connectivity index is 1.37. The van der Waals surface area contributed by atoms with Crippen LogP contribution in [-0.2, 0) is 4.79 Å². The molecule has 3 heterocycles. The van der Waals surface area contributed by atoms with Crippen LogP contribution in [0.25, 0.3) is 11.3 Å². The van der Waals surface area contributed by atoms with Crippen LogP contribution in [0.15, 0.2) is 35.7 Å². The third kappa shape index (κ3) is 4.56. The molecule has 1 aromatic carbocycles. The Kier molecular flexibility index (Phi) is 6.30. The van der Waals surface area contributed by atoms with Crippen molar-refractivity contribution < 1.29 is 9.53 Å². The molecule has 28 heavy (non-hydrogen) atoms. The Hall–Kier alpha value is -1.48. The van der Waals surface area contributed by atoms with Gasteiger partial charge in [-0.05, 0) is 26.0 Å². The first-order chi connectivity index (χ1) is 13.6. The lowest BCUT2D eigenvalue weighted by Crippen LogP contribution is -2.20. The van der Waals surface area contributed by atoms with Crippen LogP contribution >= 0.6 is 46.2 Å². The third-order valence-electron chi connectivity index (χ3n) is 4.22. The van der Waals surface area contributed by atoms with E-state index in [1.54, 1.807) is 11.3 Å². The number of amides is 1. The van der Waals surface area contributed by atoms with Crippen LogP contribution in [0, 0.1) is 13.8 Å². The van der Waals surface area contributed by atoms with Crippen molar-refractivity contribution in [1.82, 2.24) is 4.98 Å². The molecule has 3 aromatic rings. The lowest BCUT2D eigenvalue weighted by Gasteiger charge is -2.14. The van der Waals surface area contributed by atoms with Crippen molar-refractivity contribution in [2.45, 2.75) is 18.4 Å². The molecule has 1 fully saturated rings. The summed E-state index contributed by atoms with van der Waals surface area (Å²) in [5.74, 6) is 2.90. The Labute approximate surface area is 181 Å². The maximum Gasteiger partial charge on any atom is 0.264 e. The molecule has 8 heteroatoms. The number of aryl methyl sites for hydroxylation is 2. The number of thiophene rings is 1. The van der Waals surface area contributed by atoms with E-state index in [0.29, 0.717) is 9.71 Å². The summed E-state index contributed by atoms with van der Waals surface area (Å²) >= 11 is 7.04. The monoisotopic (exact) mass is 448 g/mol. The SMILES string of the molecule is Cc1cc(-c2csc(NC(=O)COc3ccccc3C3SCCS3)n2)c(C)s1. The number of anilines is 1. The summed E-state index contributed by atoms with van der Waals surface area (Å²) < 4.78 is 6.22. The van der Waals surface area contributed by atoms with Crippen molar-refractivity contribution >= 4 is 57.2 Å². The summed E-state index contributed by atoms with van der Waals surface area (Å²) in [5.41, 5.74) is 3.20. The molecular weight excluding hydrogens is 429 g/mol. The molecule has 4 nitrogen and oxygen atoms in total. The van der Waals surface area contributed by atoms with Crippen molar-refractivity contribution in [3.05, 3.63) is 51.0 Å². The van der Waals surface area contributed by atoms with Gasteiger partial charge in [0.25, 0.3) is 5.91 Å². The Morgan fingerprint density at radius 2 is 2.04 bits per heavy atom. The van der Waals surface area contributed by atoms with E-state index in [-0.39, 0.29) is 12.5 Å². The minimum absolute atomic E-state index is 0.0232. The van der Waals surface area contributed by atoms with E-state index in [1.165, 1.54) is 21.1 Å². The maximum absolute atomic E-state index is 12.4. The maximum atomic E-state index is 12.4. The van der Waals surface area contributed by atoms with Gasteiger partial charge in [-0.15, -0.1) is 46.2 Å². The molecule has 1 N–H and O–H groups in total. The molecule has 1 aliphatic rings. The van der Waals surface area contributed by atoms with E-state index < -0.39 is 0 Å². The highest BCUT2D eigenvalue weighted by Crippen LogP contribution is 2.48. The van der Waals surface area contributed by atoms with Gasteiger partial charge >= 0.3 is 0 Å². The number of rotatable bonds is 6. The number of ether oxygens (including phenoxy) is 1. The van der Waals surface area contributed by atoms with Crippen LogP contribution in [0.4, 0.5) is 5.13 Å². The molecule has 0 spiro atoms. The van der Waals surface area contributed by atoms with Gasteiger partial charge in [-0.1, -0.05) is 18.2 Å². The quantitative estimate of drug-likeness (QED) is 0.502. The van der Waals surface area contributed by atoms with Crippen molar-refractivity contribution in [3.8, 4) is 17.0 Å². The number of carbonyl (C=O) groups excluding carboxylic acids is 1. The fourth-order valence-corrected chi connectivity index (χ4v) is 7.55. The first-order valence-corrected chi connectivity index (χ1v) is 12.7. The number of thiazole rings is 1. The van der Waals surface area contributed by atoms with Gasteiger partial charge in [0.1, 0.15) is 5.75 Å². The normalized spacial score (nSPS) is 14.4. The standard InChI is InChI=1S/C20H20N2O2S4/c1-12-9-15(13(2)28-12)16-11-27-20(21-16)22-18(23)10-24-17-6-4-3-5-14(17)19-25-7-8-26-19/h3-6,9,11,19H,7-8,10H2,1-2H3,(H,21,22,23). The molecule has 2 aromatic heterocycles. The third-order valence-corrected chi connectivity index (χ3v) is 9.01. The van der Waals surface area contributed by atoms with E-state index in [2.05, 4.69) is 36.3 Å². The van der Waals surface area contributed by atoms with Gasteiger partial charge < -0.3 is 4.74 Å². The van der Waals surface area contributed by atoms with Gasteiger partial charge in [0.2, 0.25) is 0 Å². The second-order valence-corrected chi connectivity index (χ2v) is 11.4.